The minimum absolute atomic E-state index is 0.0964. The Morgan fingerprint density at radius 2 is 2.29 bits per heavy atom. The summed E-state index contributed by atoms with van der Waals surface area (Å²) >= 11 is 6.05. The van der Waals surface area contributed by atoms with Gasteiger partial charge in [-0.2, -0.15) is 5.10 Å². The third-order valence-corrected chi connectivity index (χ3v) is 2.92. The van der Waals surface area contributed by atoms with E-state index in [-0.39, 0.29) is 5.78 Å². The number of ketones is 1. The van der Waals surface area contributed by atoms with Crippen LogP contribution in [0.15, 0.2) is 0 Å². The Kier molecular flexibility index (Phi) is 5.61. The smallest absolute Gasteiger partial charge is 0.151 e. The number of nitrogens with zero attached hydrogens (tertiary/aromatic N) is 2. The van der Waals surface area contributed by atoms with E-state index in [1.54, 1.807) is 18.8 Å². The van der Waals surface area contributed by atoms with Gasteiger partial charge in [0.05, 0.1) is 18.8 Å². The Morgan fingerprint density at radius 3 is 2.82 bits per heavy atom. The van der Waals surface area contributed by atoms with E-state index in [2.05, 4.69) is 10.4 Å². The molecule has 0 saturated heterocycles. The molecule has 0 atom stereocenters. The van der Waals surface area contributed by atoms with Crippen molar-refractivity contribution in [1.29, 1.82) is 0 Å². The molecule has 5 nitrogen and oxygen atoms in total. The molecule has 0 bridgehead atoms. The van der Waals surface area contributed by atoms with Crippen molar-refractivity contribution in [3.8, 4) is 0 Å². The van der Waals surface area contributed by atoms with E-state index in [0.717, 1.165) is 11.3 Å². The number of halogens is 1. The number of ether oxygens (including phenoxy) is 1. The number of methoxy groups -OCH3 is 1. The summed E-state index contributed by atoms with van der Waals surface area (Å²) in [6.45, 7) is 3.45. The van der Waals surface area contributed by atoms with Gasteiger partial charge in [0, 0.05) is 32.7 Å². The Balaban J connectivity index is 2.45. The lowest BCUT2D eigenvalue weighted by molar-refractivity contribution is -0.117. The van der Waals surface area contributed by atoms with Crippen LogP contribution in [0.25, 0.3) is 0 Å². The average molecular weight is 260 g/mol. The number of nitrogens with one attached hydrogen (secondary N) is 1. The molecule has 1 aromatic rings. The summed E-state index contributed by atoms with van der Waals surface area (Å²) in [7, 11) is 3.39. The fourth-order valence-corrected chi connectivity index (χ4v) is 1.78. The van der Waals surface area contributed by atoms with Crippen LogP contribution in [0.5, 0.6) is 0 Å². The van der Waals surface area contributed by atoms with Crippen LogP contribution in [-0.4, -0.2) is 42.4 Å². The number of carbonyl (C=O) groups excluding carboxylic acids is 1. The molecule has 0 aromatic carbocycles. The standard InChI is InChI=1S/C11H18ClN3O2/c1-8-10(11(12)15(2)14-8)6-9(16)7-13-4-5-17-3/h13H,4-7H2,1-3H3. The van der Waals surface area contributed by atoms with E-state index in [0.29, 0.717) is 31.3 Å². The lowest BCUT2D eigenvalue weighted by Gasteiger charge is -2.03. The number of hydrogen-bond donors (Lipinski definition) is 1. The zero-order chi connectivity index (χ0) is 12.8. The number of aromatic nitrogens is 2. The lowest BCUT2D eigenvalue weighted by atomic mass is 10.1. The molecule has 0 radical (unpaired) electrons. The van der Waals surface area contributed by atoms with E-state index in [4.69, 9.17) is 16.3 Å². The maximum absolute atomic E-state index is 11.7. The topological polar surface area (TPSA) is 56.1 Å². The summed E-state index contributed by atoms with van der Waals surface area (Å²) in [6, 6.07) is 0. The molecular weight excluding hydrogens is 242 g/mol. The molecule has 0 saturated carbocycles. The number of Topliss-reactive ketones (excluding diaryl/α,β-unsaturated/α-hetero) is 1. The summed E-state index contributed by atoms with van der Waals surface area (Å²) in [6.07, 6.45) is 0.318. The van der Waals surface area contributed by atoms with Crippen molar-refractivity contribution in [2.45, 2.75) is 13.3 Å². The highest BCUT2D eigenvalue weighted by atomic mass is 35.5. The zero-order valence-corrected chi connectivity index (χ0v) is 11.2. The first-order chi connectivity index (χ1) is 8.06. The van der Waals surface area contributed by atoms with Gasteiger partial charge in [-0.15, -0.1) is 0 Å². The average Bonchev–Trinajstić information content (AvgIpc) is 2.52. The van der Waals surface area contributed by atoms with Gasteiger partial charge in [0.1, 0.15) is 5.15 Å². The predicted octanol–water partition coefficient (Wildman–Crippen LogP) is 0.730. The SMILES string of the molecule is COCCNCC(=O)Cc1c(C)nn(C)c1Cl. The molecule has 1 rings (SSSR count). The van der Waals surface area contributed by atoms with Crippen LogP contribution >= 0.6 is 11.6 Å². The highest BCUT2D eigenvalue weighted by Gasteiger charge is 2.14. The van der Waals surface area contributed by atoms with E-state index in [1.165, 1.54) is 0 Å². The van der Waals surface area contributed by atoms with Crippen LogP contribution in [0.2, 0.25) is 5.15 Å². The molecule has 0 aliphatic rings. The highest BCUT2D eigenvalue weighted by Crippen LogP contribution is 2.19. The third kappa shape index (κ3) is 4.11. The van der Waals surface area contributed by atoms with Crippen LogP contribution in [0, 0.1) is 6.92 Å². The van der Waals surface area contributed by atoms with Crippen LogP contribution in [0.1, 0.15) is 11.3 Å². The summed E-state index contributed by atoms with van der Waals surface area (Å²) in [5.74, 6) is 0.0964. The van der Waals surface area contributed by atoms with Crippen LogP contribution in [0.3, 0.4) is 0 Å². The second-order valence-corrected chi connectivity index (χ2v) is 4.22. The molecule has 1 heterocycles. The number of carbonyl (C=O) groups is 1. The van der Waals surface area contributed by atoms with Crippen molar-refractivity contribution in [3.63, 3.8) is 0 Å². The van der Waals surface area contributed by atoms with E-state index in [1.807, 2.05) is 6.92 Å². The quantitative estimate of drug-likeness (QED) is 0.734. The van der Waals surface area contributed by atoms with E-state index in [9.17, 15) is 4.79 Å². The lowest BCUT2D eigenvalue weighted by Crippen LogP contribution is -2.27. The van der Waals surface area contributed by atoms with E-state index < -0.39 is 0 Å². The molecule has 1 N–H and O–H groups in total. The monoisotopic (exact) mass is 259 g/mol. The van der Waals surface area contributed by atoms with Gasteiger partial charge in [-0.25, -0.2) is 0 Å². The van der Waals surface area contributed by atoms with Crippen molar-refractivity contribution in [3.05, 3.63) is 16.4 Å². The highest BCUT2D eigenvalue weighted by molar-refractivity contribution is 6.30. The van der Waals surface area contributed by atoms with Crippen molar-refractivity contribution >= 4 is 17.4 Å². The molecule has 0 spiro atoms. The fraction of sp³-hybridized carbons (Fsp3) is 0.636. The summed E-state index contributed by atoms with van der Waals surface area (Å²) in [4.78, 5) is 11.7. The third-order valence-electron chi connectivity index (χ3n) is 2.45. The Hall–Kier alpha value is -0.910. The summed E-state index contributed by atoms with van der Waals surface area (Å²) in [5, 5.41) is 7.71. The minimum Gasteiger partial charge on any atom is -0.383 e. The Labute approximate surface area is 106 Å². The molecule has 96 valence electrons. The largest absolute Gasteiger partial charge is 0.383 e. The maximum atomic E-state index is 11.7. The zero-order valence-electron chi connectivity index (χ0n) is 10.4. The fourth-order valence-electron chi connectivity index (χ4n) is 1.54. The molecule has 0 aliphatic heterocycles. The van der Waals surface area contributed by atoms with Gasteiger partial charge in [-0.05, 0) is 6.92 Å². The van der Waals surface area contributed by atoms with Gasteiger partial charge in [0.15, 0.2) is 5.78 Å². The van der Waals surface area contributed by atoms with Gasteiger partial charge in [0.2, 0.25) is 0 Å². The molecule has 0 fully saturated rings. The van der Waals surface area contributed by atoms with Crippen LogP contribution in [0.4, 0.5) is 0 Å². The molecule has 1 aromatic heterocycles. The van der Waals surface area contributed by atoms with Gasteiger partial charge in [-0.1, -0.05) is 11.6 Å². The first-order valence-electron chi connectivity index (χ1n) is 5.45. The van der Waals surface area contributed by atoms with Crippen molar-refractivity contribution in [2.24, 2.45) is 7.05 Å². The predicted molar refractivity (Wildman–Crippen MR) is 66.4 cm³/mol. The minimum atomic E-state index is 0.0964. The second kappa shape index (κ2) is 6.74. The molecular formula is C11H18ClN3O2. The normalized spacial score (nSPS) is 10.8. The van der Waals surface area contributed by atoms with Crippen LogP contribution in [-0.2, 0) is 23.0 Å². The number of rotatable bonds is 7. The molecule has 0 unspecified atom stereocenters. The van der Waals surface area contributed by atoms with Gasteiger partial charge in [-0.3, -0.25) is 9.48 Å². The first-order valence-corrected chi connectivity index (χ1v) is 5.83. The second-order valence-electron chi connectivity index (χ2n) is 3.86. The summed E-state index contributed by atoms with van der Waals surface area (Å²) in [5.41, 5.74) is 1.62. The Bertz CT molecular complexity index is 390. The van der Waals surface area contributed by atoms with Gasteiger partial charge < -0.3 is 10.1 Å². The Morgan fingerprint density at radius 1 is 1.59 bits per heavy atom. The maximum Gasteiger partial charge on any atom is 0.151 e. The molecule has 6 heteroatoms. The van der Waals surface area contributed by atoms with Crippen molar-refractivity contribution in [2.75, 3.05) is 26.8 Å². The summed E-state index contributed by atoms with van der Waals surface area (Å²) < 4.78 is 6.46. The van der Waals surface area contributed by atoms with Crippen molar-refractivity contribution in [1.82, 2.24) is 15.1 Å². The van der Waals surface area contributed by atoms with Crippen molar-refractivity contribution < 1.29 is 9.53 Å². The first kappa shape index (κ1) is 14.2. The van der Waals surface area contributed by atoms with Gasteiger partial charge in [0.25, 0.3) is 0 Å². The molecule has 0 amide bonds. The number of hydrogen-bond acceptors (Lipinski definition) is 4. The number of aryl methyl sites for hydroxylation is 2. The van der Waals surface area contributed by atoms with E-state index >= 15 is 0 Å². The molecule has 17 heavy (non-hydrogen) atoms. The molecule has 0 aliphatic carbocycles. The van der Waals surface area contributed by atoms with Gasteiger partial charge >= 0.3 is 0 Å². The van der Waals surface area contributed by atoms with Crippen LogP contribution < -0.4 is 5.32 Å².